The molecule has 0 saturated heterocycles. The molecule has 6 heteroatoms. The molecule has 1 amide bonds. The molecule has 1 rings (SSSR count). The van der Waals surface area contributed by atoms with Crippen LogP contribution in [-0.2, 0) is 9.53 Å². The minimum atomic E-state index is -0.325. The van der Waals surface area contributed by atoms with Crippen LogP contribution in [0.1, 0.15) is 34.3 Å². The summed E-state index contributed by atoms with van der Waals surface area (Å²) in [6.07, 6.45) is 0.576. The van der Waals surface area contributed by atoms with Crippen molar-refractivity contribution in [1.82, 2.24) is 5.32 Å². The normalized spacial score (nSPS) is 9.50. The molecule has 0 atom stereocenters. The van der Waals surface area contributed by atoms with Gasteiger partial charge in [0.1, 0.15) is 0 Å². The van der Waals surface area contributed by atoms with Crippen LogP contribution in [0.3, 0.4) is 0 Å². The van der Waals surface area contributed by atoms with Gasteiger partial charge in [0.15, 0.2) is 0 Å². The van der Waals surface area contributed by atoms with Crippen molar-refractivity contribution < 1.29 is 19.4 Å². The van der Waals surface area contributed by atoms with Gasteiger partial charge in [-0.3, -0.25) is 9.59 Å². The SMILES string of the molecule is CCOC(=O)CCNC(=O)c1ccc(C#CCCO)s1. The number of aliphatic hydroxyl groups excluding tert-OH is 1. The van der Waals surface area contributed by atoms with E-state index in [1.54, 1.807) is 19.1 Å². The lowest BCUT2D eigenvalue weighted by molar-refractivity contribution is -0.142. The molecule has 0 saturated carbocycles. The molecule has 1 aromatic rings. The van der Waals surface area contributed by atoms with Gasteiger partial charge in [-0.15, -0.1) is 11.3 Å². The number of carbonyl (C=O) groups is 2. The monoisotopic (exact) mass is 295 g/mol. The molecular formula is C14H17NO4S. The van der Waals surface area contributed by atoms with Crippen molar-refractivity contribution in [1.29, 1.82) is 0 Å². The fourth-order valence-corrected chi connectivity index (χ4v) is 2.13. The molecule has 0 spiro atoms. The Hall–Kier alpha value is -1.84. The number of amides is 1. The third-order valence-corrected chi connectivity index (χ3v) is 3.20. The van der Waals surface area contributed by atoms with E-state index in [2.05, 4.69) is 17.2 Å². The number of thiophene rings is 1. The highest BCUT2D eigenvalue weighted by atomic mass is 32.1. The summed E-state index contributed by atoms with van der Waals surface area (Å²) in [4.78, 5) is 24.2. The minimum Gasteiger partial charge on any atom is -0.466 e. The first-order valence-corrected chi connectivity index (χ1v) is 7.12. The van der Waals surface area contributed by atoms with Gasteiger partial charge >= 0.3 is 5.97 Å². The Morgan fingerprint density at radius 2 is 2.25 bits per heavy atom. The van der Waals surface area contributed by atoms with Gasteiger partial charge in [0.25, 0.3) is 5.91 Å². The van der Waals surface area contributed by atoms with E-state index in [4.69, 9.17) is 9.84 Å². The maximum absolute atomic E-state index is 11.8. The molecule has 1 aromatic heterocycles. The number of aliphatic hydroxyl groups is 1. The number of esters is 1. The summed E-state index contributed by atoms with van der Waals surface area (Å²) < 4.78 is 4.76. The van der Waals surface area contributed by atoms with Crippen LogP contribution in [0.2, 0.25) is 0 Å². The number of hydrogen-bond donors (Lipinski definition) is 2. The van der Waals surface area contributed by atoms with E-state index in [1.165, 1.54) is 11.3 Å². The van der Waals surface area contributed by atoms with Crippen LogP contribution in [0.5, 0.6) is 0 Å². The average Bonchev–Trinajstić information content (AvgIpc) is 2.88. The lowest BCUT2D eigenvalue weighted by Crippen LogP contribution is -2.25. The topological polar surface area (TPSA) is 75.6 Å². The highest BCUT2D eigenvalue weighted by Crippen LogP contribution is 2.15. The molecule has 0 fully saturated rings. The fourth-order valence-electron chi connectivity index (χ4n) is 1.33. The third kappa shape index (κ3) is 5.87. The Kier molecular flexibility index (Phi) is 7.40. The lowest BCUT2D eigenvalue weighted by atomic mass is 10.3. The number of hydrogen-bond acceptors (Lipinski definition) is 5. The zero-order valence-electron chi connectivity index (χ0n) is 11.3. The van der Waals surface area contributed by atoms with E-state index < -0.39 is 0 Å². The first-order valence-electron chi connectivity index (χ1n) is 6.30. The predicted molar refractivity (Wildman–Crippen MR) is 76.5 cm³/mol. The van der Waals surface area contributed by atoms with E-state index in [1.807, 2.05) is 0 Å². The Morgan fingerprint density at radius 1 is 1.45 bits per heavy atom. The number of rotatable bonds is 6. The van der Waals surface area contributed by atoms with E-state index in [9.17, 15) is 9.59 Å². The molecule has 0 bridgehead atoms. The van der Waals surface area contributed by atoms with Crippen LogP contribution in [0.25, 0.3) is 0 Å². The van der Waals surface area contributed by atoms with Crippen molar-refractivity contribution in [3.05, 3.63) is 21.9 Å². The van der Waals surface area contributed by atoms with Crippen LogP contribution in [-0.4, -0.2) is 36.7 Å². The van der Waals surface area contributed by atoms with Crippen molar-refractivity contribution in [2.75, 3.05) is 19.8 Å². The number of nitrogens with one attached hydrogen (secondary N) is 1. The molecule has 2 N–H and O–H groups in total. The Balaban J connectivity index is 2.41. The molecule has 0 unspecified atom stereocenters. The highest BCUT2D eigenvalue weighted by Gasteiger charge is 2.09. The van der Waals surface area contributed by atoms with E-state index in [0.717, 1.165) is 4.88 Å². The molecule has 0 aliphatic rings. The van der Waals surface area contributed by atoms with Crippen molar-refractivity contribution in [3.8, 4) is 11.8 Å². The quantitative estimate of drug-likeness (QED) is 0.610. The van der Waals surface area contributed by atoms with Gasteiger partial charge in [-0.25, -0.2) is 0 Å². The molecule has 20 heavy (non-hydrogen) atoms. The molecule has 108 valence electrons. The molecular weight excluding hydrogens is 278 g/mol. The Labute approximate surface area is 122 Å². The van der Waals surface area contributed by atoms with Crippen molar-refractivity contribution in [2.45, 2.75) is 19.8 Å². The number of ether oxygens (including phenoxy) is 1. The zero-order valence-corrected chi connectivity index (χ0v) is 12.1. The van der Waals surface area contributed by atoms with Crippen LogP contribution in [0.4, 0.5) is 0 Å². The van der Waals surface area contributed by atoms with Gasteiger partial charge in [0.2, 0.25) is 0 Å². The van der Waals surface area contributed by atoms with Gasteiger partial charge < -0.3 is 15.2 Å². The Bertz CT molecular complexity index is 513. The average molecular weight is 295 g/mol. The van der Waals surface area contributed by atoms with E-state index in [-0.39, 0.29) is 31.4 Å². The summed E-state index contributed by atoms with van der Waals surface area (Å²) in [6.45, 7) is 2.36. The highest BCUT2D eigenvalue weighted by molar-refractivity contribution is 7.14. The summed E-state index contributed by atoms with van der Waals surface area (Å²) in [7, 11) is 0. The first kappa shape index (κ1) is 16.2. The van der Waals surface area contributed by atoms with Crippen molar-refractivity contribution >= 4 is 23.2 Å². The second-order valence-electron chi connectivity index (χ2n) is 3.75. The standard InChI is InChI=1S/C14H17NO4S/c1-2-19-13(17)8-9-15-14(18)12-7-6-11(20-12)5-3-4-10-16/h6-7,16H,2,4,8-10H2,1H3,(H,15,18). The van der Waals surface area contributed by atoms with E-state index >= 15 is 0 Å². The van der Waals surface area contributed by atoms with Crippen LogP contribution >= 0.6 is 11.3 Å². The second-order valence-corrected chi connectivity index (χ2v) is 4.83. The summed E-state index contributed by atoms with van der Waals surface area (Å²) in [5, 5.41) is 11.3. The molecule has 5 nitrogen and oxygen atoms in total. The second kappa shape index (κ2) is 9.13. The zero-order chi connectivity index (χ0) is 14.8. The molecule has 0 aromatic carbocycles. The van der Waals surface area contributed by atoms with Crippen molar-refractivity contribution in [3.63, 3.8) is 0 Å². The van der Waals surface area contributed by atoms with Crippen LogP contribution in [0, 0.1) is 11.8 Å². The van der Waals surface area contributed by atoms with E-state index in [0.29, 0.717) is 17.9 Å². The fraction of sp³-hybridized carbons (Fsp3) is 0.429. The molecule has 0 aliphatic carbocycles. The Morgan fingerprint density at radius 3 is 2.95 bits per heavy atom. The summed E-state index contributed by atoms with van der Waals surface area (Å²) in [5.41, 5.74) is 0. The first-order chi connectivity index (χ1) is 9.67. The molecule has 1 heterocycles. The summed E-state index contributed by atoms with van der Waals surface area (Å²) in [6, 6.07) is 3.45. The summed E-state index contributed by atoms with van der Waals surface area (Å²) in [5.74, 6) is 5.11. The largest absolute Gasteiger partial charge is 0.466 e. The number of carbonyl (C=O) groups excluding carboxylic acids is 2. The van der Waals surface area contributed by atoms with Gasteiger partial charge in [-0.1, -0.05) is 11.8 Å². The minimum absolute atomic E-state index is 0.0274. The third-order valence-electron chi connectivity index (χ3n) is 2.20. The molecule has 0 radical (unpaired) electrons. The van der Waals surface area contributed by atoms with Gasteiger partial charge in [-0.05, 0) is 19.1 Å². The maximum Gasteiger partial charge on any atom is 0.307 e. The maximum atomic E-state index is 11.8. The van der Waals surface area contributed by atoms with Crippen LogP contribution in [0.15, 0.2) is 12.1 Å². The van der Waals surface area contributed by atoms with Crippen molar-refractivity contribution in [2.24, 2.45) is 0 Å². The van der Waals surface area contributed by atoms with Gasteiger partial charge in [0.05, 0.1) is 29.4 Å². The van der Waals surface area contributed by atoms with Gasteiger partial charge in [0, 0.05) is 13.0 Å². The molecule has 0 aliphatic heterocycles. The smallest absolute Gasteiger partial charge is 0.307 e. The van der Waals surface area contributed by atoms with Gasteiger partial charge in [-0.2, -0.15) is 0 Å². The predicted octanol–water partition coefficient (Wildman–Crippen LogP) is 1.17. The van der Waals surface area contributed by atoms with Crippen LogP contribution < -0.4 is 5.32 Å². The lowest BCUT2D eigenvalue weighted by Gasteiger charge is -2.03. The summed E-state index contributed by atoms with van der Waals surface area (Å²) >= 11 is 1.28.